The highest BCUT2D eigenvalue weighted by Gasteiger charge is 2.05. The normalized spacial score (nSPS) is 9.57. The van der Waals surface area contributed by atoms with Gasteiger partial charge < -0.3 is 15.2 Å². The van der Waals surface area contributed by atoms with Crippen LogP contribution < -0.4 is 15.2 Å². The number of aryl methyl sites for hydroxylation is 1. The standard InChI is InChI=1S/C10H13NO3/c1-7-3-4-8(13-2)9(5-7)14-6-10(11)12/h3-5H,6H2,1-2H3,(H2,11,12). The summed E-state index contributed by atoms with van der Waals surface area (Å²) in [7, 11) is 1.54. The molecule has 0 spiro atoms. The molecule has 0 unspecified atom stereocenters. The molecule has 1 amide bonds. The minimum Gasteiger partial charge on any atom is -0.493 e. The average Bonchev–Trinajstić information content (AvgIpc) is 2.15. The molecule has 0 aromatic heterocycles. The molecule has 0 aliphatic rings. The van der Waals surface area contributed by atoms with E-state index in [9.17, 15) is 4.79 Å². The zero-order valence-corrected chi connectivity index (χ0v) is 8.24. The van der Waals surface area contributed by atoms with Crippen molar-refractivity contribution in [1.29, 1.82) is 0 Å². The Hall–Kier alpha value is -1.71. The summed E-state index contributed by atoms with van der Waals surface area (Å²) in [5.74, 6) is 0.622. The number of nitrogens with two attached hydrogens (primary N) is 1. The van der Waals surface area contributed by atoms with Crippen molar-refractivity contribution >= 4 is 5.91 Å². The highest BCUT2D eigenvalue weighted by molar-refractivity contribution is 5.75. The van der Waals surface area contributed by atoms with Crippen molar-refractivity contribution < 1.29 is 14.3 Å². The van der Waals surface area contributed by atoms with E-state index in [2.05, 4.69) is 0 Å². The Bertz CT molecular complexity index is 336. The van der Waals surface area contributed by atoms with E-state index < -0.39 is 5.91 Å². The summed E-state index contributed by atoms with van der Waals surface area (Å²) >= 11 is 0. The molecule has 2 N–H and O–H groups in total. The second-order valence-corrected chi connectivity index (χ2v) is 2.91. The monoisotopic (exact) mass is 195 g/mol. The quantitative estimate of drug-likeness (QED) is 0.775. The third kappa shape index (κ3) is 2.65. The number of primary amides is 1. The first-order valence-electron chi connectivity index (χ1n) is 4.19. The highest BCUT2D eigenvalue weighted by Crippen LogP contribution is 2.27. The lowest BCUT2D eigenvalue weighted by molar-refractivity contribution is -0.119. The first-order chi connectivity index (χ1) is 6.63. The van der Waals surface area contributed by atoms with Gasteiger partial charge in [0, 0.05) is 0 Å². The maximum atomic E-state index is 10.5. The van der Waals surface area contributed by atoms with Crippen LogP contribution in [0.1, 0.15) is 5.56 Å². The van der Waals surface area contributed by atoms with E-state index in [4.69, 9.17) is 15.2 Å². The van der Waals surface area contributed by atoms with Crippen molar-refractivity contribution in [3.63, 3.8) is 0 Å². The molecular weight excluding hydrogens is 182 g/mol. The number of hydrogen-bond acceptors (Lipinski definition) is 3. The maximum Gasteiger partial charge on any atom is 0.255 e. The molecule has 1 aromatic rings. The smallest absolute Gasteiger partial charge is 0.255 e. The Morgan fingerprint density at radius 3 is 2.71 bits per heavy atom. The summed E-state index contributed by atoms with van der Waals surface area (Å²) in [5, 5.41) is 0. The van der Waals surface area contributed by atoms with E-state index in [1.807, 2.05) is 13.0 Å². The first-order valence-corrected chi connectivity index (χ1v) is 4.19. The largest absolute Gasteiger partial charge is 0.493 e. The Morgan fingerprint density at radius 1 is 1.43 bits per heavy atom. The molecule has 0 bridgehead atoms. The van der Waals surface area contributed by atoms with E-state index in [1.165, 1.54) is 0 Å². The van der Waals surface area contributed by atoms with Crippen molar-refractivity contribution in [3.8, 4) is 11.5 Å². The summed E-state index contributed by atoms with van der Waals surface area (Å²) in [6.45, 7) is 1.79. The number of methoxy groups -OCH3 is 1. The Kier molecular flexibility index (Phi) is 3.34. The van der Waals surface area contributed by atoms with Gasteiger partial charge in [0.1, 0.15) is 0 Å². The lowest BCUT2D eigenvalue weighted by Crippen LogP contribution is -2.20. The molecule has 0 atom stereocenters. The fraction of sp³-hybridized carbons (Fsp3) is 0.300. The van der Waals surface area contributed by atoms with Gasteiger partial charge >= 0.3 is 0 Å². The topological polar surface area (TPSA) is 61.6 Å². The van der Waals surface area contributed by atoms with Gasteiger partial charge in [0.2, 0.25) is 0 Å². The molecule has 0 fully saturated rings. The second-order valence-electron chi connectivity index (χ2n) is 2.91. The minimum absolute atomic E-state index is 0.139. The second kappa shape index (κ2) is 4.50. The predicted molar refractivity (Wildman–Crippen MR) is 52.4 cm³/mol. The molecule has 0 saturated heterocycles. The maximum absolute atomic E-state index is 10.5. The number of rotatable bonds is 4. The van der Waals surface area contributed by atoms with Crippen LogP contribution in [-0.2, 0) is 4.79 Å². The Labute approximate surface area is 82.6 Å². The summed E-state index contributed by atoms with van der Waals surface area (Å²) in [4.78, 5) is 10.5. The van der Waals surface area contributed by atoms with E-state index in [0.29, 0.717) is 11.5 Å². The summed E-state index contributed by atoms with van der Waals surface area (Å²) < 4.78 is 10.2. The van der Waals surface area contributed by atoms with Gasteiger partial charge in [0.25, 0.3) is 5.91 Å². The zero-order valence-electron chi connectivity index (χ0n) is 8.24. The average molecular weight is 195 g/mol. The molecule has 1 rings (SSSR count). The molecular formula is C10H13NO3. The number of carbonyl (C=O) groups is 1. The van der Waals surface area contributed by atoms with Crippen LogP contribution in [-0.4, -0.2) is 19.6 Å². The molecule has 0 heterocycles. The fourth-order valence-electron chi connectivity index (χ4n) is 1.05. The third-order valence-electron chi connectivity index (χ3n) is 1.69. The van der Waals surface area contributed by atoms with Crippen molar-refractivity contribution in [2.75, 3.05) is 13.7 Å². The zero-order chi connectivity index (χ0) is 10.6. The van der Waals surface area contributed by atoms with Gasteiger partial charge in [-0.1, -0.05) is 6.07 Å². The molecule has 0 aliphatic carbocycles. The van der Waals surface area contributed by atoms with E-state index in [1.54, 1.807) is 19.2 Å². The van der Waals surface area contributed by atoms with E-state index >= 15 is 0 Å². The van der Waals surface area contributed by atoms with Crippen molar-refractivity contribution in [1.82, 2.24) is 0 Å². The lowest BCUT2D eigenvalue weighted by atomic mass is 10.2. The van der Waals surface area contributed by atoms with Crippen LogP contribution in [0.5, 0.6) is 11.5 Å². The molecule has 4 heteroatoms. The van der Waals surface area contributed by atoms with Crippen LogP contribution in [0.4, 0.5) is 0 Å². The van der Waals surface area contributed by atoms with Gasteiger partial charge in [-0.3, -0.25) is 4.79 Å². The molecule has 0 saturated carbocycles. The minimum atomic E-state index is -0.506. The van der Waals surface area contributed by atoms with Gasteiger partial charge in [-0.05, 0) is 24.6 Å². The Balaban J connectivity index is 2.82. The van der Waals surface area contributed by atoms with Crippen LogP contribution in [0.25, 0.3) is 0 Å². The molecule has 0 radical (unpaired) electrons. The molecule has 76 valence electrons. The van der Waals surface area contributed by atoms with Gasteiger partial charge in [-0.15, -0.1) is 0 Å². The van der Waals surface area contributed by atoms with Crippen LogP contribution in [0.15, 0.2) is 18.2 Å². The molecule has 1 aromatic carbocycles. The molecule has 4 nitrogen and oxygen atoms in total. The van der Waals surface area contributed by atoms with Crippen LogP contribution in [0, 0.1) is 6.92 Å². The number of amides is 1. The highest BCUT2D eigenvalue weighted by atomic mass is 16.5. The number of carbonyl (C=O) groups excluding carboxylic acids is 1. The number of ether oxygens (including phenoxy) is 2. The van der Waals surface area contributed by atoms with Crippen LogP contribution >= 0.6 is 0 Å². The molecule has 0 aliphatic heterocycles. The van der Waals surface area contributed by atoms with E-state index in [0.717, 1.165) is 5.56 Å². The van der Waals surface area contributed by atoms with Crippen LogP contribution in [0.3, 0.4) is 0 Å². The third-order valence-corrected chi connectivity index (χ3v) is 1.69. The Morgan fingerprint density at radius 2 is 2.14 bits per heavy atom. The van der Waals surface area contributed by atoms with Crippen molar-refractivity contribution in [2.45, 2.75) is 6.92 Å². The lowest BCUT2D eigenvalue weighted by Gasteiger charge is -2.09. The predicted octanol–water partition coefficient (Wildman–Crippen LogP) is 0.868. The van der Waals surface area contributed by atoms with E-state index in [-0.39, 0.29) is 6.61 Å². The molecule has 14 heavy (non-hydrogen) atoms. The summed E-state index contributed by atoms with van der Waals surface area (Å²) in [6, 6.07) is 5.48. The van der Waals surface area contributed by atoms with Crippen molar-refractivity contribution in [2.24, 2.45) is 5.73 Å². The number of benzene rings is 1. The van der Waals surface area contributed by atoms with Gasteiger partial charge in [0.05, 0.1) is 7.11 Å². The van der Waals surface area contributed by atoms with Gasteiger partial charge in [0.15, 0.2) is 18.1 Å². The van der Waals surface area contributed by atoms with Crippen LogP contribution in [0.2, 0.25) is 0 Å². The summed E-state index contributed by atoms with van der Waals surface area (Å²) in [5.41, 5.74) is 6.00. The van der Waals surface area contributed by atoms with Gasteiger partial charge in [-0.2, -0.15) is 0 Å². The SMILES string of the molecule is COc1ccc(C)cc1OCC(N)=O. The number of hydrogen-bond donors (Lipinski definition) is 1. The first kappa shape index (κ1) is 10.4. The summed E-state index contributed by atoms with van der Waals surface area (Å²) in [6.07, 6.45) is 0. The fourth-order valence-corrected chi connectivity index (χ4v) is 1.05. The van der Waals surface area contributed by atoms with Gasteiger partial charge in [-0.25, -0.2) is 0 Å². The van der Waals surface area contributed by atoms with Crippen molar-refractivity contribution in [3.05, 3.63) is 23.8 Å².